The fraction of sp³-hybridized carbons (Fsp3) is 0.167. The monoisotopic (exact) mass is 530 g/mol. The van der Waals surface area contributed by atoms with Crippen molar-refractivity contribution in [3.63, 3.8) is 0 Å². The van der Waals surface area contributed by atoms with Crippen LogP contribution in [0.4, 0.5) is 5.69 Å². The van der Waals surface area contributed by atoms with Crippen molar-refractivity contribution < 1.29 is 9.53 Å². The summed E-state index contributed by atoms with van der Waals surface area (Å²) in [6, 6.07) is 24.0. The molecule has 0 saturated carbocycles. The largest absolute Gasteiger partial charge is 0.462 e. The summed E-state index contributed by atoms with van der Waals surface area (Å²) in [5.74, 6) is -0.220. The SMILES string of the molecule is CC(C)COC(=O)c1cc(C2=CN(c3ccc(C#N)cc3)NN2C)cc(-c2cn(-c3ccc(C#N)cc3)nn2)c1. The normalized spacial score (nSPS) is 12.7. The van der Waals surface area contributed by atoms with E-state index in [0.717, 1.165) is 22.6 Å². The standard InChI is InChI=1S/C30H26N8O2/c1-20(2)19-40-30(39)25-13-23(28-17-37(34-33-28)26-8-4-21(15-31)5-9-26)12-24(14-25)29-18-38(35-36(29)3)27-10-6-22(16-32)7-11-27/h4-14,17-18,20,35H,19H2,1-3H3. The number of benzene rings is 3. The lowest BCUT2D eigenvalue weighted by Gasteiger charge is -2.21. The summed E-state index contributed by atoms with van der Waals surface area (Å²) >= 11 is 0. The molecule has 4 aromatic rings. The minimum absolute atomic E-state index is 0.202. The first-order valence-corrected chi connectivity index (χ1v) is 12.6. The molecule has 0 spiro atoms. The van der Waals surface area contributed by atoms with Crippen LogP contribution in [0.25, 0.3) is 22.6 Å². The number of ether oxygens (including phenoxy) is 1. The summed E-state index contributed by atoms with van der Waals surface area (Å²) in [6.45, 7) is 4.28. The number of nitrogens with zero attached hydrogens (tertiary/aromatic N) is 7. The molecule has 1 aliphatic rings. The number of esters is 1. The molecule has 0 bridgehead atoms. The molecule has 1 aliphatic heterocycles. The second-order valence-corrected chi connectivity index (χ2v) is 9.70. The van der Waals surface area contributed by atoms with Crippen molar-refractivity contribution in [2.24, 2.45) is 5.92 Å². The van der Waals surface area contributed by atoms with Gasteiger partial charge in [0.15, 0.2) is 0 Å². The Bertz CT molecular complexity index is 1660. The molecular weight excluding hydrogens is 504 g/mol. The topological polar surface area (TPSA) is 123 Å². The molecule has 0 fully saturated rings. The van der Waals surface area contributed by atoms with E-state index in [1.54, 1.807) is 59.4 Å². The molecule has 0 unspecified atom stereocenters. The lowest BCUT2D eigenvalue weighted by molar-refractivity contribution is 0.0459. The van der Waals surface area contributed by atoms with Gasteiger partial charge in [-0.25, -0.2) is 9.48 Å². The van der Waals surface area contributed by atoms with Crippen LogP contribution in [0.3, 0.4) is 0 Å². The average Bonchev–Trinajstić information content (AvgIpc) is 3.63. The molecule has 0 aliphatic carbocycles. The van der Waals surface area contributed by atoms with Crippen LogP contribution in [0, 0.1) is 28.6 Å². The molecule has 2 heterocycles. The number of nitriles is 2. The van der Waals surface area contributed by atoms with Crippen LogP contribution in [0.15, 0.2) is 79.1 Å². The number of rotatable bonds is 7. The highest BCUT2D eigenvalue weighted by molar-refractivity contribution is 5.92. The van der Waals surface area contributed by atoms with E-state index in [-0.39, 0.29) is 5.92 Å². The maximum atomic E-state index is 13.0. The highest BCUT2D eigenvalue weighted by Gasteiger charge is 2.23. The third kappa shape index (κ3) is 5.53. The van der Waals surface area contributed by atoms with Gasteiger partial charge in [0.2, 0.25) is 0 Å². The predicted molar refractivity (Wildman–Crippen MR) is 149 cm³/mol. The molecule has 1 N–H and O–H groups in total. The highest BCUT2D eigenvalue weighted by Crippen LogP contribution is 2.30. The number of nitrogens with one attached hydrogen (secondary N) is 1. The molecule has 0 amide bonds. The fourth-order valence-electron chi connectivity index (χ4n) is 4.13. The maximum Gasteiger partial charge on any atom is 0.338 e. The lowest BCUT2D eigenvalue weighted by atomic mass is 10.0. The Morgan fingerprint density at radius 1 is 0.950 bits per heavy atom. The maximum absolute atomic E-state index is 13.0. The van der Waals surface area contributed by atoms with Crippen LogP contribution in [-0.2, 0) is 4.74 Å². The van der Waals surface area contributed by atoms with Gasteiger partial charge in [-0.15, -0.1) is 10.6 Å². The summed E-state index contributed by atoms with van der Waals surface area (Å²) in [5, 5.41) is 30.5. The second-order valence-electron chi connectivity index (χ2n) is 9.70. The van der Waals surface area contributed by atoms with Crippen molar-refractivity contribution in [1.82, 2.24) is 25.5 Å². The second kappa shape index (κ2) is 11.1. The molecule has 3 aromatic carbocycles. The third-order valence-electron chi connectivity index (χ3n) is 6.21. The Hall–Kier alpha value is -5.45. The van der Waals surface area contributed by atoms with Crippen LogP contribution in [-0.4, -0.2) is 39.6 Å². The van der Waals surface area contributed by atoms with Gasteiger partial charge in [0.05, 0.1) is 58.7 Å². The van der Waals surface area contributed by atoms with Crippen molar-refractivity contribution in [2.75, 3.05) is 18.7 Å². The van der Waals surface area contributed by atoms with E-state index in [2.05, 4.69) is 28.0 Å². The number of carbonyl (C=O) groups is 1. The van der Waals surface area contributed by atoms with Gasteiger partial charge in [-0.3, -0.25) is 10.0 Å². The van der Waals surface area contributed by atoms with E-state index in [4.69, 9.17) is 15.3 Å². The zero-order chi connectivity index (χ0) is 28.2. The van der Waals surface area contributed by atoms with Gasteiger partial charge in [-0.1, -0.05) is 19.1 Å². The van der Waals surface area contributed by atoms with Gasteiger partial charge in [0.25, 0.3) is 0 Å². The molecule has 10 heteroatoms. The number of aromatic nitrogens is 3. The molecule has 0 atom stereocenters. The van der Waals surface area contributed by atoms with E-state index < -0.39 is 5.97 Å². The van der Waals surface area contributed by atoms with Gasteiger partial charge in [-0.2, -0.15) is 10.5 Å². The van der Waals surface area contributed by atoms with E-state index in [0.29, 0.717) is 34.6 Å². The molecule has 40 heavy (non-hydrogen) atoms. The molecule has 1 aromatic heterocycles. The van der Waals surface area contributed by atoms with Crippen molar-refractivity contribution >= 4 is 17.4 Å². The highest BCUT2D eigenvalue weighted by atomic mass is 16.5. The van der Waals surface area contributed by atoms with Gasteiger partial charge in [0.1, 0.15) is 5.69 Å². The van der Waals surface area contributed by atoms with Crippen LogP contribution in [0.2, 0.25) is 0 Å². The lowest BCUT2D eigenvalue weighted by Crippen LogP contribution is -2.37. The molecule has 10 nitrogen and oxygen atoms in total. The first-order chi connectivity index (χ1) is 19.3. The number of hydrogen-bond acceptors (Lipinski definition) is 9. The quantitative estimate of drug-likeness (QED) is 0.340. The minimum atomic E-state index is -0.422. The van der Waals surface area contributed by atoms with Gasteiger partial charge in [0, 0.05) is 24.4 Å². The van der Waals surface area contributed by atoms with Crippen LogP contribution >= 0.6 is 0 Å². The van der Waals surface area contributed by atoms with Crippen LogP contribution < -0.4 is 10.5 Å². The van der Waals surface area contributed by atoms with Crippen LogP contribution in [0.5, 0.6) is 0 Å². The Balaban J connectivity index is 1.52. The molecule has 0 radical (unpaired) electrons. The molecule has 0 saturated heterocycles. The smallest absolute Gasteiger partial charge is 0.338 e. The molecule has 5 rings (SSSR count). The summed E-state index contributed by atoms with van der Waals surface area (Å²) in [4.78, 5) is 13.0. The number of anilines is 1. The Morgan fingerprint density at radius 3 is 2.20 bits per heavy atom. The fourth-order valence-corrected chi connectivity index (χ4v) is 4.13. The summed E-state index contributed by atoms with van der Waals surface area (Å²) in [5.41, 5.74) is 9.23. The van der Waals surface area contributed by atoms with Crippen molar-refractivity contribution in [2.45, 2.75) is 13.8 Å². The Morgan fingerprint density at radius 2 is 1.57 bits per heavy atom. The van der Waals surface area contributed by atoms with Gasteiger partial charge < -0.3 is 4.74 Å². The molecule has 198 valence electrons. The van der Waals surface area contributed by atoms with Crippen molar-refractivity contribution in [1.29, 1.82) is 10.5 Å². The first-order valence-electron chi connectivity index (χ1n) is 12.6. The van der Waals surface area contributed by atoms with Crippen molar-refractivity contribution in [3.05, 3.63) is 101 Å². The van der Waals surface area contributed by atoms with Crippen LogP contribution in [0.1, 0.15) is 40.9 Å². The van der Waals surface area contributed by atoms with E-state index in [1.165, 1.54) is 0 Å². The Kier molecular flexibility index (Phi) is 7.27. The average molecular weight is 531 g/mol. The molecular formula is C30H26N8O2. The number of hydrogen-bond donors (Lipinski definition) is 1. The van der Waals surface area contributed by atoms with Crippen molar-refractivity contribution in [3.8, 4) is 29.1 Å². The zero-order valence-electron chi connectivity index (χ0n) is 22.2. The number of carbonyl (C=O) groups excluding carboxylic acids is 1. The zero-order valence-corrected chi connectivity index (χ0v) is 22.2. The number of hydrazine groups is 2. The Labute approximate surface area is 231 Å². The van der Waals surface area contributed by atoms with Gasteiger partial charge in [-0.05, 0) is 72.6 Å². The summed E-state index contributed by atoms with van der Waals surface area (Å²) < 4.78 is 7.16. The minimum Gasteiger partial charge on any atom is -0.462 e. The van der Waals surface area contributed by atoms with E-state index in [1.807, 2.05) is 55.3 Å². The van der Waals surface area contributed by atoms with E-state index in [9.17, 15) is 4.79 Å². The predicted octanol–water partition coefficient (Wildman–Crippen LogP) is 4.66. The van der Waals surface area contributed by atoms with E-state index >= 15 is 0 Å². The summed E-state index contributed by atoms with van der Waals surface area (Å²) in [6.07, 6.45) is 3.69. The first kappa shape index (κ1) is 26.2. The summed E-state index contributed by atoms with van der Waals surface area (Å²) in [7, 11) is 1.88. The third-order valence-corrected chi connectivity index (χ3v) is 6.21. The van der Waals surface area contributed by atoms with Gasteiger partial charge >= 0.3 is 5.97 Å².